The van der Waals surface area contributed by atoms with Crippen molar-refractivity contribution in [3.8, 4) is 0 Å². The van der Waals surface area contributed by atoms with Crippen molar-refractivity contribution in [2.45, 2.75) is 46.0 Å². The van der Waals surface area contributed by atoms with Crippen LogP contribution in [0.4, 0.5) is 0 Å². The van der Waals surface area contributed by atoms with E-state index < -0.39 is 7.60 Å². The van der Waals surface area contributed by atoms with Gasteiger partial charge in [-0.25, -0.2) is 0 Å². The summed E-state index contributed by atoms with van der Waals surface area (Å²) in [6.07, 6.45) is 4.20. The van der Waals surface area contributed by atoms with Gasteiger partial charge in [0.2, 0.25) is 0 Å². The van der Waals surface area contributed by atoms with Crippen LogP contribution in [-0.4, -0.2) is 32.4 Å². The lowest BCUT2D eigenvalue weighted by atomic mass is 10.4. The molecule has 0 saturated carbocycles. The molecule has 5 nitrogen and oxygen atoms in total. The molecule has 108 valence electrons. The van der Waals surface area contributed by atoms with Gasteiger partial charge in [0.05, 0.1) is 26.5 Å². The normalized spacial score (nSPS) is 11.5. The third kappa shape index (κ3) is 8.67. The SMILES string of the molecule is CCCCOP(=O)(CCC(=N)OC)OCCCC. The lowest BCUT2D eigenvalue weighted by molar-refractivity contribution is 0.200. The van der Waals surface area contributed by atoms with Gasteiger partial charge in [-0.2, -0.15) is 0 Å². The number of ether oxygens (including phenoxy) is 1. The number of hydrogen-bond acceptors (Lipinski definition) is 5. The van der Waals surface area contributed by atoms with E-state index in [0.717, 1.165) is 25.7 Å². The summed E-state index contributed by atoms with van der Waals surface area (Å²) in [5.41, 5.74) is 0. The maximum Gasteiger partial charge on any atom is 0.331 e. The number of rotatable bonds is 11. The molecule has 0 saturated heterocycles. The molecule has 0 spiro atoms. The summed E-state index contributed by atoms with van der Waals surface area (Å²) >= 11 is 0. The summed E-state index contributed by atoms with van der Waals surface area (Å²) in [6.45, 7) is 4.99. The Hall–Kier alpha value is -0.380. The van der Waals surface area contributed by atoms with Crippen LogP contribution in [0.5, 0.6) is 0 Å². The molecule has 0 atom stereocenters. The minimum absolute atomic E-state index is 0.105. The van der Waals surface area contributed by atoms with Gasteiger partial charge < -0.3 is 13.8 Å². The smallest absolute Gasteiger partial charge is 0.331 e. The second-order valence-corrected chi connectivity index (χ2v) is 6.27. The van der Waals surface area contributed by atoms with Crippen LogP contribution < -0.4 is 0 Å². The maximum absolute atomic E-state index is 12.4. The zero-order valence-corrected chi connectivity index (χ0v) is 12.6. The largest absolute Gasteiger partial charge is 0.484 e. The second kappa shape index (κ2) is 10.5. The number of nitrogens with one attached hydrogen (secondary N) is 1. The molecule has 0 aromatic rings. The van der Waals surface area contributed by atoms with Crippen molar-refractivity contribution in [2.24, 2.45) is 0 Å². The third-order valence-electron chi connectivity index (χ3n) is 2.43. The summed E-state index contributed by atoms with van der Waals surface area (Å²) in [5, 5.41) is 7.39. The highest BCUT2D eigenvalue weighted by Crippen LogP contribution is 2.49. The van der Waals surface area contributed by atoms with E-state index in [1.54, 1.807) is 0 Å². The Morgan fingerprint density at radius 3 is 2.00 bits per heavy atom. The molecule has 0 aliphatic rings. The van der Waals surface area contributed by atoms with Crippen molar-refractivity contribution in [3.63, 3.8) is 0 Å². The van der Waals surface area contributed by atoms with Crippen molar-refractivity contribution in [1.29, 1.82) is 5.41 Å². The number of unbranched alkanes of at least 4 members (excludes halogenated alkanes) is 2. The predicted molar refractivity (Wildman–Crippen MR) is 73.5 cm³/mol. The number of hydrogen-bond donors (Lipinski definition) is 1. The summed E-state index contributed by atoms with van der Waals surface area (Å²) in [5.74, 6) is 0.105. The predicted octanol–water partition coefficient (Wildman–Crippen LogP) is 3.83. The lowest BCUT2D eigenvalue weighted by Crippen LogP contribution is -2.08. The van der Waals surface area contributed by atoms with E-state index in [1.165, 1.54) is 7.11 Å². The van der Waals surface area contributed by atoms with E-state index in [-0.39, 0.29) is 18.5 Å². The monoisotopic (exact) mass is 279 g/mol. The van der Waals surface area contributed by atoms with Gasteiger partial charge in [0.1, 0.15) is 0 Å². The first-order valence-corrected chi connectivity index (χ1v) is 8.30. The molecule has 0 fully saturated rings. The molecule has 1 N–H and O–H groups in total. The average molecular weight is 279 g/mol. The maximum atomic E-state index is 12.4. The van der Waals surface area contributed by atoms with E-state index in [1.807, 2.05) is 13.8 Å². The van der Waals surface area contributed by atoms with Crippen LogP contribution in [-0.2, 0) is 18.3 Å². The average Bonchev–Trinajstić information content (AvgIpc) is 2.37. The Labute approximate surface area is 110 Å². The first kappa shape index (κ1) is 17.6. The summed E-state index contributed by atoms with van der Waals surface area (Å²) in [4.78, 5) is 0. The van der Waals surface area contributed by atoms with Crippen LogP contribution in [0.2, 0.25) is 0 Å². The van der Waals surface area contributed by atoms with Gasteiger partial charge in [-0.15, -0.1) is 0 Å². The fourth-order valence-electron chi connectivity index (χ4n) is 1.20. The highest BCUT2D eigenvalue weighted by atomic mass is 31.2. The van der Waals surface area contributed by atoms with Crippen LogP contribution in [0.1, 0.15) is 46.0 Å². The molecule has 0 rings (SSSR count). The standard InChI is InChI=1S/C12H26NO4P/c1-4-6-9-16-18(14,17-10-7-5-2)11-8-12(13)15-3/h13H,4-11H2,1-3H3. The van der Waals surface area contributed by atoms with Gasteiger partial charge >= 0.3 is 7.60 Å². The van der Waals surface area contributed by atoms with E-state index in [9.17, 15) is 4.57 Å². The highest BCUT2D eigenvalue weighted by molar-refractivity contribution is 7.53. The Morgan fingerprint density at radius 2 is 1.61 bits per heavy atom. The van der Waals surface area contributed by atoms with Crippen LogP contribution in [0.3, 0.4) is 0 Å². The lowest BCUT2D eigenvalue weighted by Gasteiger charge is -2.18. The molecule has 0 radical (unpaired) electrons. The molecule has 0 heterocycles. The zero-order valence-electron chi connectivity index (χ0n) is 11.7. The van der Waals surface area contributed by atoms with Gasteiger partial charge in [0, 0.05) is 6.42 Å². The number of methoxy groups -OCH3 is 1. The van der Waals surface area contributed by atoms with Crippen LogP contribution in [0.25, 0.3) is 0 Å². The van der Waals surface area contributed by atoms with Gasteiger partial charge in [-0.1, -0.05) is 26.7 Å². The Balaban J connectivity index is 4.20. The van der Waals surface area contributed by atoms with Crippen LogP contribution in [0, 0.1) is 5.41 Å². The third-order valence-corrected chi connectivity index (χ3v) is 4.35. The second-order valence-electron chi connectivity index (χ2n) is 4.09. The Morgan fingerprint density at radius 1 is 1.11 bits per heavy atom. The molecule has 0 aliphatic heterocycles. The van der Waals surface area contributed by atoms with Crippen molar-refractivity contribution < 1.29 is 18.3 Å². The van der Waals surface area contributed by atoms with Gasteiger partial charge in [0.25, 0.3) is 0 Å². The van der Waals surface area contributed by atoms with E-state index in [0.29, 0.717) is 13.2 Å². The molecule has 0 aliphatic carbocycles. The van der Waals surface area contributed by atoms with Crippen molar-refractivity contribution in [3.05, 3.63) is 0 Å². The molecular formula is C12H26NO4P. The van der Waals surface area contributed by atoms with Gasteiger partial charge in [0.15, 0.2) is 5.90 Å². The van der Waals surface area contributed by atoms with Crippen LogP contribution >= 0.6 is 7.60 Å². The molecule has 0 bridgehead atoms. The first-order valence-electron chi connectivity index (χ1n) is 6.57. The fourth-order valence-corrected chi connectivity index (χ4v) is 2.83. The van der Waals surface area contributed by atoms with E-state index >= 15 is 0 Å². The summed E-state index contributed by atoms with van der Waals surface area (Å²) < 4.78 is 27.9. The summed E-state index contributed by atoms with van der Waals surface area (Å²) in [7, 11) is -1.63. The van der Waals surface area contributed by atoms with Crippen molar-refractivity contribution in [1.82, 2.24) is 0 Å². The Bertz CT molecular complexity index is 257. The van der Waals surface area contributed by atoms with E-state index in [4.69, 9.17) is 19.2 Å². The Kier molecular flexibility index (Phi) is 10.3. The quantitative estimate of drug-likeness (QED) is 0.270. The van der Waals surface area contributed by atoms with Crippen LogP contribution in [0.15, 0.2) is 0 Å². The fraction of sp³-hybridized carbons (Fsp3) is 0.917. The topological polar surface area (TPSA) is 68.6 Å². The highest BCUT2D eigenvalue weighted by Gasteiger charge is 2.24. The molecule has 6 heteroatoms. The molecule has 0 aromatic heterocycles. The molecule has 0 aromatic carbocycles. The molecule has 0 unspecified atom stereocenters. The van der Waals surface area contributed by atoms with Gasteiger partial charge in [-0.3, -0.25) is 9.97 Å². The van der Waals surface area contributed by atoms with Gasteiger partial charge in [-0.05, 0) is 12.8 Å². The zero-order chi connectivity index (χ0) is 13.9. The molecule has 0 amide bonds. The molecular weight excluding hydrogens is 253 g/mol. The molecule has 18 heavy (non-hydrogen) atoms. The minimum Gasteiger partial charge on any atom is -0.484 e. The minimum atomic E-state index is -3.07. The van der Waals surface area contributed by atoms with Crippen molar-refractivity contribution >= 4 is 13.5 Å². The first-order chi connectivity index (χ1) is 8.58. The van der Waals surface area contributed by atoms with E-state index in [2.05, 4.69) is 0 Å². The summed E-state index contributed by atoms with van der Waals surface area (Å²) in [6, 6.07) is 0. The van der Waals surface area contributed by atoms with Crippen molar-refractivity contribution in [2.75, 3.05) is 26.5 Å².